The summed E-state index contributed by atoms with van der Waals surface area (Å²) in [6.07, 6.45) is 5.30. The monoisotopic (exact) mass is 241 g/mol. The van der Waals surface area contributed by atoms with Crippen molar-refractivity contribution in [2.24, 2.45) is 0 Å². The van der Waals surface area contributed by atoms with E-state index >= 15 is 0 Å². The second kappa shape index (κ2) is 5.75. The van der Waals surface area contributed by atoms with Crippen LogP contribution in [0.5, 0.6) is 0 Å². The lowest BCUT2D eigenvalue weighted by Gasteiger charge is -2.11. The number of aliphatic hydroxyl groups excluding tert-OH is 1. The van der Waals surface area contributed by atoms with E-state index in [2.05, 4.69) is 4.98 Å². The number of thiazole rings is 1. The fourth-order valence-electron chi connectivity index (χ4n) is 2.09. The lowest BCUT2D eigenvalue weighted by Crippen LogP contribution is -2.06. The molecule has 1 saturated heterocycles. The Kier molecular flexibility index (Phi) is 4.32. The zero-order valence-corrected chi connectivity index (χ0v) is 10.5. The van der Waals surface area contributed by atoms with Crippen molar-refractivity contribution < 1.29 is 9.84 Å². The van der Waals surface area contributed by atoms with E-state index < -0.39 is 6.10 Å². The maximum Gasteiger partial charge on any atom is 0.0968 e. The average Bonchev–Trinajstić information content (AvgIpc) is 2.89. The average molecular weight is 241 g/mol. The first-order valence-corrected chi connectivity index (χ1v) is 6.85. The predicted octanol–water partition coefficient (Wildman–Crippen LogP) is 2.83. The van der Waals surface area contributed by atoms with Gasteiger partial charge in [0.25, 0.3) is 0 Å². The third-order valence-corrected chi connectivity index (χ3v) is 3.80. The van der Waals surface area contributed by atoms with Gasteiger partial charge in [0, 0.05) is 12.0 Å². The van der Waals surface area contributed by atoms with Gasteiger partial charge < -0.3 is 9.84 Å². The Balaban J connectivity index is 1.69. The summed E-state index contributed by atoms with van der Waals surface area (Å²) in [7, 11) is 0. The highest BCUT2D eigenvalue weighted by atomic mass is 32.1. The molecule has 1 aliphatic rings. The Bertz CT molecular complexity index is 321. The van der Waals surface area contributed by atoms with Crippen molar-refractivity contribution in [3.8, 4) is 0 Å². The van der Waals surface area contributed by atoms with E-state index in [9.17, 15) is 5.11 Å². The van der Waals surface area contributed by atoms with E-state index in [0.29, 0.717) is 6.10 Å². The van der Waals surface area contributed by atoms with E-state index in [4.69, 9.17) is 4.74 Å². The maximum atomic E-state index is 9.91. The van der Waals surface area contributed by atoms with Crippen LogP contribution in [-0.4, -0.2) is 22.8 Å². The zero-order valence-electron chi connectivity index (χ0n) is 9.69. The van der Waals surface area contributed by atoms with Crippen LogP contribution in [0, 0.1) is 6.92 Å². The van der Waals surface area contributed by atoms with Crippen LogP contribution in [0.2, 0.25) is 0 Å². The van der Waals surface area contributed by atoms with Crippen LogP contribution in [0.4, 0.5) is 0 Å². The molecule has 3 nitrogen and oxygen atoms in total. The highest BCUT2D eigenvalue weighted by Crippen LogP contribution is 2.23. The number of aliphatic hydroxyl groups is 1. The van der Waals surface area contributed by atoms with Gasteiger partial charge in [0.15, 0.2) is 0 Å². The number of hydrogen-bond donors (Lipinski definition) is 1. The van der Waals surface area contributed by atoms with Gasteiger partial charge in [-0.15, -0.1) is 11.3 Å². The second-order valence-corrected chi connectivity index (χ2v) is 5.44. The minimum atomic E-state index is -0.397. The van der Waals surface area contributed by atoms with Gasteiger partial charge in [-0.25, -0.2) is 4.98 Å². The molecular weight excluding hydrogens is 222 g/mol. The Morgan fingerprint density at radius 3 is 3.19 bits per heavy atom. The molecule has 90 valence electrons. The smallest absolute Gasteiger partial charge is 0.0968 e. The molecule has 4 heteroatoms. The Morgan fingerprint density at radius 1 is 1.69 bits per heavy atom. The minimum Gasteiger partial charge on any atom is -0.387 e. The first-order chi connectivity index (χ1) is 7.75. The third kappa shape index (κ3) is 3.27. The fraction of sp³-hybridized carbons (Fsp3) is 0.750. The lowest BCUT2D eigenvalue weighted by atomic mass is 10.1. The third-order valence-electron chi connectivity index (χ3n) is 3.01. The van der Waals surface area contributed by atoms with Crippen LogP contribution < -0.4 is 0 Å². The molecule has 1 N–H and O–H groups in total. The zero-order chi connectivity index (χ0) is 11.4. The summed E-state index contributed by atoms with van der Waals surface area (Å²) in [5.41, 5.74) is 0.829. The summed E-state index contributed by atoms with van der Waals surface area (Å²) in [4.78, 5) is 4.30. The summed E-state index contributed by atoms with van der Waals surface area (Å²) < 4.78 is 5.55. The van der Waals surface area contributed by atoms with Crippen LogP contribution in [0.1, 0.15) is 48.9 Å². The number of aryl methyl sites for hydroxylation is 1. The molecule has 0 radical (unpaired) electrons. The summed E-state index contributed by atoms with van der Waals surface area (Å²) in [6, 6.07) is 0. The van der Waals surface area contributed by atoms with Crippen LogP contribution in [0.3, 0.4) is 0 Å². The van der Waals surface area contributed by atoms with E-state index in [0.717, 1.165) is 36.6 Å². The molecule has 1 aliphatic heterocycles. The number of hydrogen-bond acceptors (Lipinski definition) is 4. The first-order valence-electron chi connectivity index (χ1n) is 5.97. The van der Waals surface area contributed by atoms with Gasteiger partial charge in [-0.1, -0.05) is 0 Å². The Morgan fingerprint density at radius 2 is 2.56 bits per heavy atom. The van der Waals surface area contributed by atoms with Crippen LogP contribution in [0.25, 0.3) is 0 Å². The van der Waals surface area contributed by atoms with E-state index in [-0.39, 0.29) is 0 Å². The van der Waals surface area contributed by atoms with Crippen molar-refractivity contribution in [1.29, 1.82) is 0 Å². The minimum absolute atomic E-state index is 0.397. The molecular formula is C12H19NO2S. The molecule has 1 aromatic heterocycles. The molecule has 0 bridgehead atoms. The van der Waals surface area contributed by atoms with E-state index in [1.54, 1.807) is 11.3 Å². The number of nitrogens with zero attached hydrogens (tertiary/aromatic N) is 1. The fourth-order valence-corrected chi connectivity index (χ4v) is 2.75. The van der Waals surface area contributed by atoms with E-state index in [1.165, 1.54) is 12.8 Å². The second-order valence-electron chi connectivity index (χ2n) is 4.37. The molecule has 2 rings (SSSR count). The predicted molar refractivity (Wildman–Crippen MR) is 64.6 cm³/mol. The van der Waals surface area contributed by atoms with Gasteiger partial charge >= 0.3 is 0 Å². The molecule has 2 unspecified atom stereocenters. The molecule has 0 saturated carbocycles. The summed E-state index contributed by atoms with van der Waals surface area (Å²) >= 11 is 1.60. The van der Waals surface area contributed by atoms with Gasteiger partial charge in [-0.3, -0.25) is 0 Å². The maximum absolute atomic E-state index is 9.91. The van der Waals surface area contributed by atoms with Crippen LogP contribution in [0.15, 0.2) is 5.38 Å². The number of aromatic nitrogens is 1. The van der Waals surface area contributed by atoms with Crippen molar-refractivity contribution in [1.82, 2.24) is 4.98 Å². The Labute approximate surface area is 100 Å². The molecule has 0 amide bonds. The standard InChI is InChI=1S/C12H19NO2S/c1-9-13-11(8-16-9)12(14)6-2-4-10-5-3-7-15-10/h8,10,12,14H,2-7H2,1H3. The molecule has 2 heterocycles. The first kappa shape index (κ1) is 12.0. The van der Waals surface area contributed by atoms with Gasteiger partial charge in [0.05, 0.1) is 22.9 Å². The quantitative estimate of drug-likeness (QED) is 0.862. The number of rotatable bonds is 5. The molecule has 0 aromatic carbocycles. The molecule has 0 spiro atoms. The van der Waals surface area contributed by atoms with Gasteiger partial charge in [0.2, 0.25) is 0 Å². The van der Waals surface area contributed by atoms with E-state index in [1.807, 2.05) is 12.3 Å². The molecule has 1 fully saturated rings. The van der Waals surface area contributed by atoms with Crippen molar-refractivity contribution in [3.05, 3.63) is 16.1 Å². The summed E-state index contributed by atoms with van der Waals surface area (Å²) in [5, 5.41) is 12.9. The molecule has 16 heavy (non-hydrogen) atoms. The van der Waals surface area contributed by atoms with Crippen molar-refractivity contribution in [2.45, 2.75) is 51.2 Å². The molecule has 1 aromatic rings. The SMILES string of the molecule is Cc1nc(C(O)CCCC2CCCO2)cs1. The van der Waals surface area contributed by atoms with Gasteiger partial charge in [0.1, 0.15) is 0 Å². The van der Waals surface area contributed by atoms with Gasteiger partial charge in [-0.2, -0.15) is 0 Å². The molecule has 0 aliphatic carbocycles. The number of ether oxygens (including phenoxy) is 1. The summed E-state index contributed by atoms with van der Waals surface area (Å²) in [6.45, 7) is 2.88. The highest BCUT2D eigenvalue weighted by Gasteiger charge is 2.16. The molecule has 2 atom stereocenters. The Hall–Kier alpha value is -0.450. The highest BCUT2D eigenvalue weighted by molar-refractivity contribution is 7.09. The largest absolute Gasteiger partial charge is 0.387 e. The van der Waals surface area contributed by atoms with Crippen LogP contribution >= 0.6 is 11.3 Å². The van der Waals surface area contributed by atoms with Crippen molar-refractivity contribution in [2.75, 3.05) is 6.61 Å². The summed E-state index contributed by atoms with van der Waals surface area (Å²) in [5.74, 6) is 0. The topological polar surface area (TPSA) is 42.4 Å². The van der Waals surface area contributed by atoms with Gasteiger partial charge in [-0.05, 0) is 39.0 Å². The van der Waals surface area contributed by atoms with Crippen molar-refractivity contribution >= 4 is 11.3 Å². The van der Waals surface area contributed by atoms with Crippen molar-refractivity contribution in [3.63, 3.8) is 0 Å². The van der Waals surface area contributed by atoms with Crippen LogP contribution in [-0.2, 0) is 4.74 Å². The lowest BCUT2D eigenvalue weighted by molar-refractivity contribution is 0.0940. The normalized spacial score (nSPS) is 22.5.